The quantitative estimate of drug-likeness (QED) is 0.213. The van der Waals surface area contributed by atoms with Gasteiger partial charge in [-0.05, 0) is 62.6 Å². The molecule has 1 aromatic carbocycles. The molecule has 0 unspecified atom stereocenters. The summed E-state index contributed by atoms with van der Waals surface area (Å²) in [6, 6.07) is 6.88. The highest BCUT2D eigenvalue weighted by atomic mass is 127. The molecule has 1 heterocycles. The molecule has 2 aliphatic rings. The van der Waals surface area contributed by atoms with Crippen LogP contribution >= 0.6 is 24.0 Å². The van der Waals surface area contributed by atoms with Gasteiger partial charge in [-0.1, -0.05) is 12.1 Å². The molecule has 5 nitrogen and oxygen atoms in total. The molecule has 1 aromatic rings. The van der Waals surface area contributed by atoms with Crippen molar-refractivity contribution in [2.45, 2.75) is 44.4 Å². The molecule has 2 fully saturated rings. The SMILES string of the molecule is CCNC(=NCC1(c2ccc(F)cc2)CC1)NCCCOCC1CCOCC1.I. The summed E-state index contributed by atoms with van der Waals surface area (Å²) >= 11 is 0. The predicted molar refractivity (Wildman–Crippen MR) is 126 cm³/mol. The number of benzene rings is 1. The summed E-state index contributed by atoms with van der Waals surface area (Å²) < 4.78 is 24.4. The molecule has 1 saturated carbocycles. The standard InChI is InChI=1S/C22H34FN3O2.HI/c1-2-24-21(25-12-3-13-28-16-18-8-14-27-15-9-18)26-17-22(10-11-22)19-4-6-20(23)7-5-19;/h4-7,18H,2-3,8-17H2,1H3,(H2,24,25,26);1H. The fraction of sp³-hybridized carbons (Fsp3) is 0.682. The number of aliphatic imine (C=N–C) groups is 1. The van der Waals surface area contributed by atoms with Crippen LogP contribution in [0, 0.1) is 11.7 Å². The Labute approximate surface area is 191 Å². The third-order valence-corrected chi connectivity index (χ3v) is 5.65. The van der Waals surface area contributed by atoms with Crippen LogP contribution in [0.15, 0.2) is 29.3 Å². The Bertz CT molecular complexity index is 617. The minimum atomic E-state index is -0.183. The summed E-state index contributed by atoms with van der Waals surface area (Å²) in [6.45, 7) is 7.82. The molecule has 0 spiro atoms. The van der Waals surface area contributed by atoms with Crippen LogP contribution in [-0.4, -0.2) is 52.0 Å². The van der Waals surface area contributed by atoms with E-state index >= 15 is 0 Å². The van der Waals surface area contributed by atoms with Crippen molar-refractivity contribution in [2.24, 2.45) is 10.9 Å². The molecular formula is C22H35FIN3O2. The smallest absolute Gasteiger partial charge is 0.191 e. The van der Waals surface area contributed by atoms with Crippen LogP contribution in [0.25, 0.3) is 0 Å². The van der Waals surface area contributed by atoms with Crippen molar-refractivity contribution in [2.75, 3.05) is 46.1 Å². The molecule has 0 aromatic heterocycles. The number of nitrogens with zero attached hydrogens (tertiary/aromatic N) is 1. The first-order chi connectivity index (χ1) is 13.7. The second kappa shape index (κ2) is 12.7. The zero-order valence-electron chi connectivity index (χ0n) is 17.4. The number of ether oxygens (including phenoxy) is 2. The summed E-state index contributed by atoms with van der Waals surface area (Å²) in [5.41, 5.74) is 1.28. The van der Waals surface area contributed by atoms with Gasteiger partial charge in [-0.3, -0.25) is 4.99 Å². The number of hydrogen-bond donors (Lipinski definition) is 2. The van der Waals surface area contributed by atoms with Gasteiger partial charge in [0.25, 0.3) is 0 Å². The van der Waals surface area contributed by atoms with Crippen molar-refractivity contribution in [3.8, 4) is 0 Å². The molecule has 1 aliphatic carbocycles. The van der Waals surface area contributed by atoms with Crippen molar-refractivity contribution in [1.82, 2.24) is 10.6 Å². The molecule has 0 amide bonds. The molecular weight excluding hydrogens is 484 g/mol. The largest absolute Gasteiger partial charge is 0.381 e. The lowest BCUT2D eigenvalue weighted by Gasteiger charge is -2.21. The molecule has 29 heavy (non-hydrogen) atoms. The first-order valence-corrected chi connectivity index (χ1v) is 10.7. The van der Waals surface area contributed by atoms with Gasteiger partial charge in [-0.15, -0.1) is 24.0 Å². The second-order valence-corrected chi connectivity index (χ2v) is 7.89. The molecule has 0 bridgehead atoms. The molecule has 2 N–H and O–H groups in total. The second-order valence-electron chi connectivity index (χ2n) is 7.89. The van der Waals surface area contributed by atoms with Crippen molar-refractivity contribution in [1.29, 1.82) is 0 Å². The van der Waals surface area contributed by atoms with Crippen LogP contribution in [0.5, 0.6) is 0 Å². The molecule has 0 radical (unpaired) electrons. The summed E-state index contributed by atoms with van der Waals surface area (Å²) in [7, 11) is 0. The van der Waals surface area contributed by atoms with Crippen LogP contribution in [-0.2, 0) is 14.9 Å². The van der Waals surface area contributed by atoms with E-state index in [9.17, 15) is 4.39 Å². The van der Waals surface area contributed by atoms with E-state index < -0.39 is 0 Å². The minimum Gasteiger partial charge on any atom is -0.381 e. The lowest BCUT2D eigenvalue weighted by molar-refractivity contribution is 0.0203. The summed E-state index contributed by atoms with van der Waals surface area (Å²) in [5, 5.41) is 6.71. The summed E-state index contributed by atoms with van der Waals surface area (Å²) in [5.74, 6) is 1.32. The normalized spacial score (nSPS) is 18.8. The van der Waals surface area contributed by atoms with Crippen molar-refractivity contribution < 1.29 is 13.9 Å². The van der Waals surface area contributed by atoms with Crippen molar-refractivity contribution in [3.63, 3.8) is 0 Å². The van der Waals surface area contributed by atoms with Crippen LogP contribution < -0.4 is 10.6 Å². The van der Waals surface area contributed by atoms with Gasteiger partial charge in [0.2, 0.25) is 0 Å². The maximum Gasteiger partial charge on any atom is 0.191 e. The van der Waals surface area contributed by atoms with Crippen molar-refractivity contribution in [3.05, 3.63) is 35.6 Å². The van der Waals surface area contributed by atoms with Gasteiger partial charge in [0.15, 0.2) is 5.96 Å². The Morgan fingerprint density at radius 2 is 1.93 bits per heavy atom. The molecule has 0 atom stereocenters. The van der Waals surface area contributed by atoms with Gasteiger partial charge >= 0.3 is 0 Å². The fourth-order valence-corrected chi connectivity index (χ4v) is 3.61. The van der Waals surface area contributed by atoms with Gasteiger partial charge in [-0.2, -0.15) is 0 Å². The number of nitrogens with one attached hydrogen (secondary N) is 2. The lowest BCUT2D eigenvalue weighted by atomic mass is 9.96. The highest BCUT2D eigenvalue weighted by Gasteiger charge is 2.44. The van der Waals surface area contributed by atoms with E-state index in [0.717, 1.165) is 84.1 Å². The zero-order valence-corrected chi connectivity index (χ0v) is 19.8. The first-order valence-electron chi connectivity index (χ1n) is 10.7. The van der Waals surface area contributed by atoms with E-state index in [1.807, 2.05) is 12.1 Å². The maximum atomic E-state index is 13.2. The van der Waals surface area contributed by atoms with E-state index in [4.69, 9.17) is 14.5 Å². The van der Waals surface area contributed by atoms with Gasteiger partial charge < -0.3 is 20.1 Å². The van der Waals surface area contributed by atoms with E-state index in [0.29, 0.717) is 5.92 Å². The third kappa shape index (κ3) is 8.02. The molecule has 7 heteroatoms. The average molecular weight is 519 g/mol. The highest BCUT2D eigenvalue weighted by molar-refractivity contribution is 14.0. The number of halogens is 2. The molecule has 1 aliphatic heterocycles. The van der Waals surface area contributed by atoms with E-state index in [2.05, 4.69) is 17.6 Å². The van der Waals surface area contributed by atoms with Gasteiger partial charge in [-0.25, -0.2) is 4.39 Å². The zero-order chi connectivity index (χ0) is 19.7. The molecule has 164 valence electrons. The Morgan fingerprint density at radius 3 is 2.59 bits per heavy atom. The first kappa shape index (κ1) is 24.3. The monoisotopic (exact) mass is 519 g/mol. The predicted octanol–water partition coefficient (Wildman–Crippen LogP) is 3.86. The third-order valence-electron chi connectivity index (χ3n) is 5.65. The Kier molecular flexibility index (Phi) is 10.7. The number of guanidine groups is 1. The van der Waals surface area contributed by atoms with E-state index in [-0.39, 0.29) is 35.2 Å². The van der Waals surface area contributed by atoms with Crippen molar-refractivity contribution >= 4 is 29.9 Å². The lowest BCUT2D eigenvalue weighted by Crippen LogP contribution is -2.38. The average Bonchev–Trinajstić information content (AvgIpc) is 3.51. The van der Waals surface area contributed by atoms with Gasteiger partial charge in [0, 0.05) is 44.9 Å². The Morgan fingerprint density at radius 1 is 1.21 bits per heavy atom. The maximum absolute atomic E-state index is 13.2. The van der Waals surface area contributed by atoms with Crippen LogP contribution in [0.2, 0.25) is 0 Å². The van der Waals surface area contributed by atoms with Gasteiger partial charge in [0.1, 0.15) is 5.82 Å². The number of hydrogen-bond acceptors (Lipinski definition) is 3. The van der Waals surface area contributed by atoms with Crippen LogP contribution in [0.1, 0.15) is 44.6 Å². The van der Waals surface area contributed by atoms with E-state index in [1.54, 1.807) is 12.1 Å². The molecule has 3 rings (SSSR count). The minimum absolute atomic E-state index is 0. The fourth-order valence-electron chi connectivity index (χ4n) is 3.61. The summed E-state index contributed by atoms with van der Waals surface area (Å²) in [4.78, 5) is 4.78. The summed E-state index contributed by atoms with van der Waals surface area (Å²) in [6.07, 6.45) is 5.41. The number of rotatable bonds is 10. The Balaban J connectivity index is 0.00000300. The highest BCUT2D eigenvalue weighted by Crippen LogP contribution is 2.48. The van der Waals surface area contributed by atoms with Crippen LogP contribution in [0.4, 0.5) is 4.39 Å². The topological polar surface area (TPSA) is 54.9 Å². The Hall–Kier alpha value is -0.930. The van der Waals surface area contributed by atoms with E-state index in [1.165, 1.54) is 5.56 Å². The van der Waals surface area contributed by atoms with Crippen LogP contribution in [0.3, 0.4) is 0 Å². The van der Waals surface area contributed by atoms with Gasteiger partial charge in [0.05, 0.1) is 6.54 Å². The molecule has 1 saturated heterocycles.